The quantitative estimate of drug-likeness (QED) is 0.516. The van der Waals surface area contributed by atoms with Gasteiger partial charge in [-0.05, 0) is 59.7 Å². The van der Waals surface area contributed by atoms with Gasteiger partial charge >= 0.3 is 0 Å². The second-order valence-corrected chi connectivity index (χ2v) is 8.46. The fourth-order valence-corrected chi connectivity index (χ4v) is 4.22. The van der Waals surface area contributed by atoms with Gasteiger partial charge in [0.2, 0.25) is 11.6 Å². The number of nitrogens with one attached hydrogen (secondary N) is 1. The number of hydrogen-bond acceptors (Lipinski definition) is 7. The van der Waals surface area contributed by atoms with Crippen molar-refractivity contribution in [1.29, 1.82) is 0 Å². The summed E-state index contributed by atoms with van der Waals surface area (Å²) >= 11 is 0. The number of nitrogens with zero attached hydrogens (tertiary/aromatic N) is 7. The lowest BCUT2D eigenvalue weighted by Gasteiger charge is -2.35. The molecule has 33 heavy (non-hydrogen) atoms. The van der Waals surface area contributed by atoms with Gasteiger partial charge < -0.3 is 15.1 Å². The molecule has 0 unspecified atom stereocenters. The minimum atomic E-state index is -0.0204. The molecule has 10 nitrogen and oxygen atoms in total. The molecule has 0 spiro atoms. The van der Waals surface area contributed by atoms with Crippen LogP contribution in [-0.4, -0.2) is 72.8 Å². The maximum Gasteiger partial charge on any atom is 0.253 e. The van der Waals surface area contributed by atoms with Gasteiger partial charge in [-0.15, -0.1) is 5.10 Å². The maximum absolute atomic E-state index is 12.9. The molecule has 0 atom stereocenters. The standard InChI is InChI=1S/C23H22N8O2/c32-22(15-5-6-15)29-11-13-30(14-12-29)23(33)16-7-9-17(10-8-16)24-20-21-26-27-28-31(21)19-4-2-1-3-18(19)25-20/h1-4,7-10,15H,5-6,11-14H2,(H,24,25). The molecule has 1 aliphatic heterocycles. The molecule has 2 aromatic heterocycles. The van der Waals surface area contributed by atoms with Gasteiger partial charge in [-0.1, -0.05) is 12.1 Å². The summed E-state index contributed by atoms with van der Waals surface area (Å²) in [5, 5.41) is 15.2. The predicted molar refractivity (Wildman–Crippen MR) is 121 cm³/mol. The van der Waals surface area contributed by atoms with Crippen LogP contribution in [0.1, 0.15) is 23.2 Å². The van der Waals surface area contributed by atoms with E-state index in [0.717, 1.165) is 29.6 Å². The molecule has 2 fully saturated rings. The second-order valence-electron chi connectivity index (χ2n) is 8.46. The number of benzene rings is 2. The molecule has 10 heteroatoms. The highest BCUT2D eigenvalue weighted by molar-refractivity contribution is 5.95. The Balaban J connectivity index is 1.16. The Hall–Kier alpha value is -4.08. The van der Waals surface area contributed by atoms with Gasteiger partial charge in [-0.2, -0.15) is 4.52 Å². The van der Waals surface area contributed by atoms with Gasteiger partial charge in [-0.25, -0.2) is 4.98 Å². The molecular formula is C23H22N8O2. The Labute approximate surface area is 189 Å². The Morgan fingerprint density at radius 2 is 1.64 bits per heavy atom. The number of aromatic nitrogens is 5. The van der Waals surface area contributed by atoms with Crippen molar-refractivity contribution in [3.05, 3.63) is 54.1 Å². The number of carbonyl (C=O) groups is 2. The topological polar surface area (TPSA) is 109 Å². The van der Waals surface area contributed by atoms with E-state index in [9.17, 15) is 9.59 Å². The highest BCUT2D eigenvalue weighted by atomic mass is 16.2. The number of amides is 2. The van der Waals surface area contributed by atoms with E-state index in [2.05, 4.69) is 25.8 Å². The first-order valence-corrected chi connectivity index (χ1v) is 11.1. The summed E-state index contributed by atoms with van der Waals surface area (Å²) in [5.41, 5.74) is 3.50. The van der Waals surface area contributed by atoms with Gasteiger partial charge in [0, 0.05) is 43.3 Å². The number of tetrazole rings is 1. The minimum Gasteiger partial charge on any atom is -0.339 e. The zero-order valence-electron chi connectivity index (χ0n) is 17.9. The summed E-state index contributed by atoms with van der Waals surface area (Å²) in [4.78, 5) is 33.5. The molecular weight excluding hydrogens is 420 g/mol. The lowest BCUT2D eigenvalue weighted by molar-refractivity contribution is -0.134. The van der Waals surface area contributed by atoms with Crippen LogP contribution >= 0.6 is 0 Å². The third kappa shape index (κ3) is 3.63. The molecule has 166 valence electrons. The van der Waals surface area contributed by atoms with Crippen LogP contribution in [0, 0.1) is 5.92 Å². The average molecular weight is 442 g/mol. The summed E-state index contributed by atoms with van der Waals surface area (Å²) in [6, 6.07) is 14.9. The molecule has 1 saturated carbocycles. The Kier molecular flexibility index (Phi) is 4.63. The minimum absolute atomic E-state index is 0.0204. The van der Waals surface area contributed by atoms with Gasteiger partial charge in [0.1, 0.15) is 0 Å². The maximum atomic E-state index is 12.9. The van der Waals surface area contributed by atoms with E-state index >= 15 is 0 Å². The van der Waals surface area contributed by atoms with Crippen molar-refractivity contribution < 1.29 is 9.59 Å². The lowest BCUT2D eigenvalue weighted by atomic mass is 10.1. The molecule has 2 amide bonds. The Morgan fingerprint density at radius 1 is 0.909 bits per heavy atom. The Bertz CT molecular complexity index is 1350. The normalized spacial score (nSPS) is 16.4. The summed E-state index contributed by atoms with van der Waals surface area (Å²) in [7, 11) is 0. The van der Waals surface area contributed by atoms with E-state index in [0.29, 0.717) is 43.2 Å². The lowest BCUT2D eigenvalue weighted by Crippen LogP contribution is -2.51. The number of carbonyl (C=O) groups excluding carboxylic acids is 2. The van der Waals surface area contributed by atoms with Crippen LogP contribution in [0.2, 0.25) is 0 Å². The second kappa shape index (κ2) is 7.80. The van der Waals surface area contributed by atoms with Crippen molar-refractivity contribution in [3.8, 4) is 0 Å². The van der Waals surface area contributed by atoms with Gasteiger partial charge in [0.15, 0.2) is 5.82 Å². The molecule has 0 radical (unpaired) electrons. The summed E-state index contributed by atoms with van der Waals surface area (Å²) in [6.07, 6.45) is 2.01. The zero-order chi connectivity index (χ0) is 22.4. The molecule has 1 saturated heterocycles. The summed E-state index contributed by atoms with van der Waals surface area (Å²) < 4.78 is 1.65. The van der Waals surface area contributed by atoms with E-state index < -0.39 is 0 Å². The van der Waals surface area contributed by atoms with E-state index in [-0.39, 0.29) is 17.7 Å². The average Bonchev–Trinajstić information content (AvgIpc) is 3.59. The molecule has 0 bridgehead atoms. The van der Waals surface area contributed by atoms with E-state index in [4.69, 9.17) is 0 Å². The van der Waals surface area contributed by atoms with Crippen molar-refractivity contribution in [3.63, 3.8) is 0 Å². The zero-order valence-corrected chi connectivity index (χ0v) is 17.9. The smallest absolute Gasteiger partial charge is 0.253 e. The SMILES string of the molecule is O=C(c1ccc(Nc2nc3ccccc3n3nnnc23)cc1)N1CCN(C(=O)C2CC2)CC1. The third-order valence-corrected chi connectivity index (χ3v) is 6.22. The molecule has 2 aliphatic rings. The summed E-state index contributed by atoms with van der Waals surface area (Å²) in [5.74, 6) is 0.984. The van der Waals surface area contributed by atoms with Crippen molar-refractivity contribution in [1.82, 2.24) is 34.8 Å². The molecule has 1 N–H and O–H groups in total. The van der Waals surface area contributed by atoms with E-state index in [1.54, 1.807) is 16.6 Å². The molecule has 2 aromatic carbocycles. The van der Waals surface area contributed by atoms with Crippen LogP contribution in [0.25, 0.3) is 16.7 Å². The molecule has 3 heterocycles. The number of para-hydroxylation sites is 2. The van der Waals surface area contributed by atoms with Crippen molar-refractivity contribution in [2.75, 3.05) is 31.5 Å². The van der Waals surface area contributed by atoms with Crippen LogP contribution < -0.4 is 5.32 Å². The first-order valence-electron chi connectivity index (χ1n) is 11.1. The van der Waals surface area contributed by atoms with Crippen molar-refractivity contribution in [2.24, 2.45) is 5.92 Å². The van der Waals surface area contributed by atoms with Gasteiger partial charge in [0.05, 0.1) is 11.0 Å². The Morgan fingerprint density at radius 3 is 2.39 bits per heavy atom. The first-order chi connectivity index (χ1) is 16.2. The van der Waals surface area contributed by atoms with Crippen molar-refractivity contribution >= 4 is 40.0 Å². The number of rotatable bonds is 4. The predicted octanol–water partition coefficient (Wildman–Crippen LogP) is 2.11. The van der Waals surface area contributed by atoms with Crippen LogP contribution in [-0.2, 0) is 4.79 Å². The van der Waals surface area contributed by atoms with Crippen LogP contribution in [0.4, 0.5) is 11.5 Å². The molecule has 6 rings (SSSR count). The first kappa shape index (κ1) is 19.6. The molecule has 1 aliphatic carbocycles. The number of anilines is 2. The summed E-state index contributed by atoms with van der Waals surface area (Å²) in [6.45, 7) is 2.35. The van der Waals surface area contributed by atoms with Crippen LogP contribution in [0.15, 0.2) is 48.5 Å². The number of fused-ring (bicyclic) bond motifs is 3. The third-order valence-electron chi connectivity index (χ3n) is 6.22. The molecule has 4 aromatic rings. The van der Waals surface area contributed by atoms with Crippen LogP contribution in [0.5, 0.6) is 0 Å². The number of hydrogen-bond donors (Lipinski definition) is 1. The highest BCUT2D eigenvalue weighted by Crippen LogP contribution is 2.31. The van der Waals surface area contributed by atoms with E-state index in [1.807, 2.05) is 46.2 Å². The number of piperazine rings is 1. The van der Waals surface area contributed by atoms with Gasteiger partial charge in [-0.3, -0.25) is 9.59 Å². The largest absolute Gasteiger partial charge is 0.339 e. The van der Waals surface area contributed by atoms with Crippen molar-refractivity contribution in [2.45, 2.75) is 12.8 Å². The van der Waals surface area contributed by atoms with E-state index in [1.165, 1.54) is 0 Å². The highest BCUT2D eigenvalue weighted by Gasteiger charge is 2.35. The van der Waals surface area contributed by atoms with Crippen LogP contribution in [0.3, 0.4) is 0 Å². The fraction of sp³-hybridized carbons (Fsp3) is 0.304. The van der Waals surface area contributed by atoms with Gasteiger partial charge in [0.25, 0.3) is 5.91 Å². The fourth-order valence-electron chi connectivity index (χ4n) is 4.22. The monoisotopic (exact) mass is 442 g/mol.